The molecule has 1 N–H and O–H groups in total. The van der Waals surface area contributed by atoms with E-state index in [-0.39, 0.29) is 29.2 Å². The highest BCUT2D eigenvalue weighted by molar-refractivity contribution is 7.90. The highest BCUT2D eigenvalue weighted by Gasteiger charge is 2.33. The van der Waals surface area contributed by atoms with E-state index in [2.05, 4.69) is 48.1 Å². The molecule has 7 rings (SSSR count). The number of ether oxygens (including phenoxy) is 2. The van der Waals surface area contributed by atoms with Crippen LogP contribution in [0.5, 0.6) is 5.75 Å². The largest absolute Gasteiger partial charge is 0.497 e. The van der Waals surface area contributed by atoms with Crippen molar-refractivity contribution in [1.29, 1.82) is 0 Å². The van der Waals surface area contributed by atoms with Gasteiger partial charge in [0.1, 0.15) is 5.75 Å². The summed E-state index contributed by atoms with van der Waals surface area (Å²) in [7, 11) is -2.16. The van der Waals surface area contributed by atoms with Gasteiger partial charge in [0.25, 0.3) is 11.8 Å². The summed E-state index contributed by atoms with van der Waals surface area (Å²) in [6, 6.07) is 11.7. The minimum absolute atomic E-state index is 0.0306. The Labute approximate surface area is 318 Å². The summed E-state index contributed by atoms with van der Waals surface area (Å²) in [4.78, 5) is 29.6. The van der Waals surface area contributed by atoms with Crippen molar-refractivity contribution in [1.82, 2.24) is 24.0 Å². The van der Waals surface area contributed by atoms with Gasteiger partial charge < -0.3 is 18.9 Å². The summed E-state index contributed by atoms with van der Waals surface area (Å²) in [6.07, 6.45) is 17.5. The van der Waals surface area contributed by atoms with Gasteiger partial charge in [0.2, 0.25) is 10.0 Å². The maximum absolute atomic E-state index is 14.2. The highest BCUT2D eigenvalue weighted by Crippen LogP contribution is 2.48. The van der Waals surface area contributed by atoms with E-state index < -0.39 is 15.9 Å². The number of carbonyl (C=O) groups excluding carboxylic acids is 2. The van der Waals surface area contributed by atoms with Gasteiger partial charge in [-0.1, -0.05) is 39.2 Å². The molecule has 0 radical (unpaired) electrons. The molecule has 4 aromatic rings. The molecular formula is C42H51N5O6S. The molecule has 286 valence electrons. The van der Waals surface area contributed by atoms with E-state index in [1.54, 1.807) is 19.4 Å². The lowest BCUT2D eigenvalue weighted by atomic mass is 9.81. The van der Waals surface area contributed by atoms with E-state index >= 15 is 0 Å². The van der Waals surface area contributed by atoms with Gasteiger partial charge in [0.15, 0.2) is 0 Å². The van der Waals surface area contributed by atoms with Gasteiger partial charge in [-0.05, 0) is 91.6 Å². The Balaban J connectivity index is 0.00000245. The first-order valence-corrected chi connectivity index (χ1v) is 20.5. The monoisotopic (exact) mass is 753 g/mol. The highest BCUT2D eigenvalue weighted by atomic mass is 32.2. The summed E-state index contributed by atoms with van der Waals surface area (Å²) in [6.45, 7) is 10.1. The third-order valence-electron chi connectivity index (χ3n) is 10.5. The molecule has 0 atom stereocenters. The molecule has 2 aromatic heterocycles. The van der Waals surface area contributed by atoms with Crippen LogP contribution in [-0.4, -0.2) is 78.6 Å². The van der Waals surface area contributed by atoms with Crippen molar-refractivity contribution in [3.8, 4) is 29.9 Å². The van der Waals surface area contributed by atoms with Gasteiger partial charge in [-0.25, -0.2) is 13.1 Å². The number of nitrogens with one attached hydrogen (secondary N) is 1. The molecule has 1 saturated carbocycles. The molecule has 1 aliphatic carbocycles. The number of nitrogens with zero attached hydrogens (tertiary/aromatic N) is 4. The second-order valence-electron chi connectivity index (χ2n) is 15.0. The lowest BCUT2D eigenvalue weighted by molar-refractivity contribution is 0.0302. The predicted molar refractivity (Wildman–Crippen MR) is 213 cm³/mol. The molecule has 2 amide bonds. The summed E-state index contributed by atoms with van der Waals surface area (Å²) in [5.74, 6) is 0.0368. The first-order valence-electron chi connectivity index (χ1n) is 18.8. The van der Waals surface area contributed by atoms with Crippen molar-refractivity contribution in [2.45, 2.75) is 78.3 Å². The van der Waals surface area contributed by atoms with Crippen LogP contribution < -0.4 is 9.46 Å². The lowest BCUT2D eigenvalue weighted by Crippen LogP contribution is -2.41. The molecule has 12 heteroatoms. The first-order chi connectivity index (χ1) is 26.0. The number of terminal acetylenes is 1. The van der Waals surface area contributed by atoms with E-state index in [1.807, 2.05) is 47.7 Å². The smallest absolute Gasteiger partial charge is 0.264 e. The molecule has 0 spiro atoms. The molecule has 0 unspecified atom stereocenters. The Hall–Kier alpha value is -4.86. The van der Waals surface area contributed by atoms with E-state index in [4.69, 9.17) is 14.6 Å². The van der Waals surface area contributed by atoms with Crippen LogP contribution in [0.25, 0.3) is 33.8 Å². The number of hydrogen-bond acceptors (Lipinski definition) is 7. The molecular weight excluding hydrogens is 703 g/mol. The number of carbonyl (C=O) groups is 2. The molecule has 2 aromatic carbocycles. The standard InChI is InChI=1S/C40H49N5O6S.C2H2/c1-25(2)24-52(48,49)42-39(46)28-11-13-33-35(21-28)44-23-30(37-34(22-41-45(37)26(3)4)40(47)43-15-17-51-18-16-43)19-29-20-31(50-5)12-14-32(29)38(44)36(33)27-9-7-6-8-10-27;1-2/h11-14,19-22,25-27H,6-10,15-18,23-24H2,1-5H3,(H,42,46);1-2H. The van der Waals surface area contributed by atoms with E-state index in [9.17, 15) is 18.0 Å². The number of sulfonamides is 1. The number of allylic oxidation sites excluding steroid dienone is 1. The van der Waals surface area contributed by atoms with Gasteiger partial charge >= 0.3 is 0 Å². The van der Waals surface area contributed by atoms with Crippen molar-refractivity contribution < 1.29 is 27.5 Å². The molecule has 4 heterocycles. The lowest BCUT2D eigenvalue weighted by Gasteiger charge is -2.27. The van der Waals surface area contributed by atoms with Crippen molar-refractivity contribution in [3.05, 3.63) is 70.5 Å². The Morgan fingerprint density at radius 3 is 2.39 bits per heavy atom. The summed E-state index contributed by atoms with van der Waals surface area (Å²) in [5, 5.41) is 5.82. The number of methoxy groups -OCH3 is 1. The SMILES string of the molecule is C#C.COc1ccc2c(c1)C=C(c1c(C(=O)N3CCOCC3)cnn1C(C)C)Cn1c-2c(C2CCCCC2)c2ccc(C(=O)NS(=O)(=O)CC(C)C)cc21. The second-order valence-corrected chi connectivity index (χ2v) is 16.8. The van der Waals surface area contributed by atoms with Crippen molar-refractivity contribution in [3.63, 3.8) is 0 Å². The average molecular weight is 754 g/mol. The molecule has 11 nitrogen and oxygen atoms in total. The van der Waals surface area contributed by atoms with Crippen LogP contribution in [0.1, 0.15) is 109 Å². The Morgan fingerprint density at radius 1 is 1.00 bits per heavy atom. The third-order valence-corrected chi connectivity index (χ3v) is 12.1. The minimum Gasteiger partial charge on any atom is -0.497 e. The third kappa shape index (κ3) is 7.70. The van der Waals surface area contributed by atoms with E-state index in [1.165, 1.54) is 12.0 Å². The van der Waals surface area contributed by atoms with Crippen LogP contribution >= 0.6 is 0 Å². The summed E-state index contributed by atoms with van der Waals surface area (Å²) in [5.41, 5.74) is 7.63. The summed E-state index contributed by atoms with van der Waals surface area (Å²) >= 11 is 0. The molecule has 2 fully saturated rings. The maximum Gasteiger partial charge on any atom is 0.264 e. The zero-order valence-corrected chi connectivity index (χ0v) is 32.7. The average Bonchev–Trinajstić information content (AvgIpc) is 3.70. The number of aromatic nitrogens is 3. The summed E-state index contributed by atoms with van der Waals surface area (Å²) < 4.78 is 43.4. The van der Waals surface area contributed by atoms with Crippen LogP contribution in [-0.2, 0) is 21.3 Å². The number of morpholine rings is 1. The van der Waals surface area contributed by atoms with E-state index in [0.717, 1.165) is 70.4 Å². The normalized spacial score (nSPS) is 16.2. The van der Waals surface area contributed by atoms with E-state index in [0.29, 0.717) is 44.3 Å². The number of benzene rings is 2. The van der Waals surface area contributed by atoms with Gasteiger partial charge in [-0.2, -0.15) is 5.10 Å². The minimum atomic E-state index is -3.82. The fourth-order valence-electron chi connectivity index (χ4n) is 8.17. The van der Waals surface area contributed by atoms with Crippen molar-refractivity contribution in [2.24, 2.45) is 5.92 Å². The van der Waals surface area contributed by atoms with Gasteiger partial charge in [0, 0.05) is 41.2 Å². The van der Waals surface area contributed by atoms with Crippen LogP contribution in [0.3, 0.4) is 0 Å². The fraction of sp³-hybridized carbons (Fsp3) is 0.452. The zero-order valence-electron chi connectivity index (χ0n) is 31.9. The molecule has 1 saturated heterocycles. The second kappa shape index (κ2) is 16.2. The first kappa shape index (κ1) is 38.9. The Morgan fingerprint density at radius 2 is 1.72 bits per heavy atom. The van der Waals surface area contributed by atoms with Crippen molar-refractivity contribution >= 4 is 44.4 Å². The van der Waals surface area contributed by atoms with Crippen LogP contribution in [0, 0.1) is 18.8 Å². The van der Waals surface area contributed by atoms with Gasteiger partial charge in [-0.15, -0.1) is 12.8 Å². The number of fused-ring (bicyclic) bond motifs is 5. The van der Waals surface area contributed by atoms with Crippen LogP contribution in [0.4, 0.5) is 0 Å². The topological polar surface area (TPSA) is 125 Å². The predicted octanol–water partition coefficient (Wildman–Crippen LogP) is 7.13. The number of amides is 2. The van der Waals surface area contributed by atoms with Gasteiger partial charge in [0.05, 0.1) is 55.8 Å². The molecule has 2 aliphatic heterocycles. The van der Waals surface area contributed by atoms with Gasteiger partial charge in [-0.3, -0.25) is 14.3 Å². The maximum atomic E-state index is 14.2. The molecule has 0 bridgehead atoms. The van der Waals surface area contributed by atoms with Crippen LogP contribution in [0.15, 0.2) is 42.6 Å². The van der Waals surface area contributed by atoms with Crippen molar-refractivity contribution in [2.75, 3.05) is 39.2 Å². The van der Waals surface area contributed by atoms with Crippen LogP contribution in [0.2, 0.25) is 0 Å². The fourth-order valence-corrected chi connectivity index (χ4v) is 9.54. The molecule has 54 heavy (non-hydrogen) atoms. The molecule has 3 aliphatic rings. The quantitative estimate of drug-likeness (QED) is 0.180. The number of hydrogen-bond donors (Lipinski definition) is 1. The number of rotatable bonds is 9. The Kier molecular flexibility index (Phi) is 11.7. The Bertz CT molecular complexity index is 2200. The zero-order chi connectivity index (χ0) is 38.7.